The monoisotopic (exact) mass is 302 g/mol. The molecule has 0 aliphatic carbocycles. The summed E-state index contributed by atoms with van der Waals surface area (Å²) in [4.78, 5) is 0. The van der Waals surface area contributed by atoms with Crippen LogP contribution >= 0.6 is 0 Å². The molecule has 1 heterocycles. The molecule has 0 aromatic heterocycles. The van der Waals surface area contributed by atoms with Crippen molar-refractivity contribution < 1.29 is 24.1 Å². The molecule has 0 radical (unpaired) electrons. The number of fused-ring (bicyclic) bond motifs is 2. The Hall–Kier alpha value is -2.56. The molecule has 22 heavy (non-hydrogen) atoms. The highest BCUT2D eigenvalue weighted by Crippen LogP contribution is 2.50. The molecule has 2 aromatic rings. The third-order valence-corrected chi connectivity index (χ3v) is 3.91. The van der Waals surface area contributed by atoms with E-state index >= 15 is 0 Å². The molecule has 1 N–H and O–H groups in total. The molecule has 0 bridgehead atoms. The molecule has 0 unspecified atom stereocenters. The van der Waals surface area contributed by atoms with Gasteiger partial charge in [-0.3, -0.25) is 0 Å². The summed E-state index contributed by atoms with van der Waals surface area (Å²) in [7, 11) is 4.78. The van der Waals surface area contributed by atoms with E-state index in [0.717, 1.165) is 16.3 Å². The van der Waals surface area contributed by atoms with Crippen molar-refractivity contribution in [1.82, 2.24) is 0 Å². The number of hydrogen-bond acceptors (Lipinski definition) is 5. The van der Waals surface area contributed by atoms with Crippen molar-refractivity contribution in [3.05, 3.63) is 35.6 Å². The summed E-state index contributed by atoms with van der Waals surface area (Å²) in [6.07, 6.45) is 1.06. The van der Waals surface area contributed by atoms with Crippen molar-refractivity contribution in [3.8, 4) is 17.2 Å². The maximum absolute atomic E-state index is 10.3. The first-order chi connectivity index (χ1) is 10.6. The highest BCUT2D eigenvalue weighted by atomic mass is 16.5. The minimum atomic E-state index is -0.274. The van der Waals surface area contributed by atoms with Crippen LogP contribution in [-0.4, -0.2) is 26.4 Å². The van der Waals surface area contributed by atoms with Crippen LogP contribution in [0.15, 0.2) is 24.5 Å². The van der Waals surface area contributed by atoms with Crippen LogP contribution in [0.4, 0.5) is 0 Å². The topological polar surface area (TPSA) is 57.2 Å². The van der Waals surface area contributed by atoms with Gasteiger partial charge < -0.3 is 24.1 Å². The van der Waals surface area contributed by atoms with Gasteiger partial charge >= 0.3 is 0 Å². The van der Waals surface area contributed by atoms with Crippen LogP contribution in [0.3, 0.4) is 0 Å². The highest BCUT2D eigenvalue weighted by molar-refractivity contribution is 6.02. The number of hydrogen-bond donors (Lipinski definition) is 1. The molecule has 0 saturated heterocycles. The van der Waals surface area contributed by atoms with Crippen molar-refractivity contribution in [2.24, 2.45) is 0 Å². The summed E-state index contributed by atoms with van der Waals surface area (Å²) in [6, 6.07) is 5.65. The Labute approximate surface area is 128 Å². The van der Waals surface area contributed by atoms with Crippen molar-refractivity contribution in [2.75, 3.05) is 21.3 Å². The van der Waals surface area contributed by atoms with Crippen molar-refractivity contribution in [2.45, 2.75) is 13.0 Å². The Morgan fingerprint density at radius 3 is 2.41 bits per heavy atom. The third kappa shape index (κ3) is 1.85. The number of ether oxygens (including phenoxy) is 4. The summed E-state index contributed by atoms with van der Waals surface area (Å²) >= 11 is 0. The SMILES string of the molecule is COc1c2c(c(OC)c3c(OC)cccc13)[C@@H](C)OC=C2O. The quantitative estimate of drug-likeness (QED) is 0.934. The van der Waals surface area contributed by atoms with Crippen LogP contribution in [0.2, 0.25) is 0 Å². The second-order valence-electron chi connectivity index (χ2n) is 5.02. The lowest BCUT2D eigenvalue weighted by atomic mass is 9.92. The van der Waals surface area contributed by atoms with Crippen molar-refractivity contribution in [3.63, 3.8) is 0 Å². The summed E-state index contributed by atoms with van der Waals surface area (Å²) < 4.78 is 22.2. The van der Waals surface area contributed by atoms with E-state index < -0.39 is 0 Å². The fourth-order valence-electron chi connectivity index (χ4n) is 2.99. The predicted molar refractivity (Wildman–Crippen MR) is 83.7 cm³/mol. The van der Waals surface area contributed by atoms with Gasteiger partial charge in [0, 0.05) is 10.9 Å². The largest absolute Gasteiger partial charge is 0.504 e. The third-order valence-electron chi connectivity index (χ3n) is 3.91. The van der Waals surface area contributed by atoms with Crippen LogP contribution < -0.4 is 14.2 Å². The Bertz CT molecular complexity index is 763. The van der Waals surface area contributed by atoms with Gasteiger partial charge in [0.1, 0.15) is 29.6 Å². The first-order valence-corrected chi connectivity index (χ1v) is 6.93. The van der Waals surface area contributed by atoms with Gasteiger partial charge in [0.15, 0.2) is 5.76 Å². The first kappa shape index (κ1) is 14.4. The maximum Gasteiger partial charge on any atom is 0.161 e. The Morgan fingerprint density at radius 1 is 1.05 bits per heavy atom. The standard InChI is InChI=1S/C17H18O5/c1-9-13-15(11(18)8-22-9)16(20-3)10-6-5-7-12(19-2)14(10)17(13)21-4/h5-9,18H,1-4H3/t9-/m1/s1. The number of rotatable bonds is 3. The fourth-order valence-corrected chi connectivity index (χ4v) is 2.99. The zero-order chi connectivity index (χ0) is 15.9. The molecule has 0 spiro atoms. The maximum atomic E-state index is 10.3. The Kier molecular flexibility index (Phi) is 3.48. The van der Waals surface area contributed by atoms with Gasteiger partial charge in [0.25, 0.3) is 0 Å². The fraction of sp³-hybridized carbons (Fsp3) is 0.294. The van der Waals surface area contributed by atoms with E-state index in [4.69, 9.17) is 18.9 Å². The van der Waals surface area contributed by atoms with Gasteiger partial charge in [-0.1, -0.05) is 12.1 Å². The molecule has 5 heteroatoms. The molecule has 1 atom stereocenters. The van der Waals surface area contributed by atoms with E-state index in [1.54, 1.807) is 21.3 Å². The van der Waals surface area contributed by atoms with Crippen molar-refractivity contribution >= 4 is 16.5 Å². The van der Waals surface area contributed by atoms with E-state index in [2.05, 4.69) is 0 Å². The van der Waals surface area contributed by atoms with Crippen LogP contribution in [0.5, 0.6) is 17.2 Å². The van der Waals surface area contributed by atoms with E-state index in [-0.39, 0.29) is 11.9 Å². The van der Waals surface area contributed by atoms with Gasteiger partial charge in [-0.2, -0.15) is 0 Å². The molecule has 5 nitrogen and oxygen atoms in total. The molecular weight excluding hydrogens is 284 g/mol. The first-order valence-electron chi connectivity index (χ1n) is 6.93. The molecule has 1 aliphatic heterocycles. The second kappa shape index (κ2) is 5.33. The molecule has 116 valence electrons. The van der Waals surface area contributed by atoms with Gasteiger partial charge in [-0.05, 0) is 13.0 Å². The summed E-state index contributed by atoms with van der Waals surface area (Å²) in [5.41, 5.74) is 1.34. The minimum absolute atomic E-state index is 0.0213. The Balaban J connectivity index is 2.55. The summed E-state index contributed by atoms with van der Waals surface area (Å²) in [6.45, 7) is 1.89. The van der Waals surface area contributed by atoms with Crippen molar-refractivity contribution in [1.29, 1.82) is 0 Å². The lowest BCUT2D eigenvalue weighted by Crippen LogP contribution is -2.11. The lowest BCUT2D eigenvalue weighted by Gasteiger charge is -2.27. The van der Waals surface area contributed by atoms with Gasteiger partial charge in [0.05, 0.1) is 32.3 Å². The molecule has 3 rings (SSSR count). The van der Waals surface area contributed by atoms with Crippen LogP contribution in [-0.2, 0) is 4.74 Å². The average molecular weight is 302 g/mol. The minimum Gasteiger partial charge on any atom is -0.504 e. The van der Waals surface area contributed by atoms with E-state index in [1.165, 1.54) is 6.26 Å². The van der Waals surface area contributed by atoms with Gasteiger partial charge in [-0.25, -0.2) is 0 Å². The summed E-state index contributed by atoms with van der Waals surface area (Å²) in [5, 5.41) is 11.9. The number of aliphatic hydroxyl groups is 1. The van der Waals surface area contributed by atoms with Gasteiger partial charge in [-0.15, -0.1) is 0 Å². The van der Waals surface area contributed by atoms with Crippen LogP contribution in [0.25, 0.3) is 16.5 Å². The summed E-state index contributed by atoms with van der Waals surface area (Å²) in [5.74, 6) is 1.90. The number of methoxy groups -OCH3 is 3. The van der Waals surface area contributed by atoms with Gasteiger partial charge in [0.2, 0.25) is 0 Å². The molecular formula is C17H18O5. The van der Waals surface area contributed by atoms with E-state index in [0.29, 0.717) is 22.8 Å². The smallest absolute Gasteiger partial charge is 0.161 e. The zero-order valence-electron chi connectivity index (χ0n) is 13.0. The normalized spacial score (nSPS) is 16.5. The lowest BCUT2D eigenvalue weighted by molar-refractivity contribution is 0.149. The second-order valence-corrected chi connectivity index (χ2v) is 5.02. The molecule has 0 fully saturated rings. The Morgan fingerprint density at radius 2 is 1.77 bits per heavy atom. The molecule has 1 aliphatic rings. The number of benzene rings is 2. The molecule has 2 aromatic carbocycles. The average Bonchev–Trinajstić information content (AvgIpc) is 2.55. The van der Waals surface area contributed by atoms with Crippen LogP contribution in [0.1, 0.15) is 24.2 Å². The van der Waals surface area contributed by atoms with E-state index in [9.17, 15) is 5.11 Å². The number of aliphatic hydroxyl groups excluding tert-OH is 1. The highest BCUT2D eigenvalue weighted by Gasteiger charge is 2.31. The van der Waals surface area contributed by atoms with Crippen LogP contribution in [0, 0.1) is 0 Å². The zero-order valence-corrected chi connectivity index (χ0v) is 13.0. The molecule has 0 saturated carbocycles. The predicted octanol–water partition coefficient (Wildman–Crippen LogP) is 3.81. The molecule has 0 amide bonds. The van der Waals surface area contributed by atoms with E-state index in [1.807, 2.05) is 25.1 Å².